The summed E-state index contributed by atoms with van der Waals surface area (Å²) >= 11 is 0. The fourth-order valence-corrected chi connectivity index (χ4v) is 6.33. The van der Waals surface area contributed by atoms with Crippen molar-refractivity contribution >= 4 is 21.0 Å². The zero-order valence-electron chi connectivity index (χ0n) is 25.5. The summed E-state index contributed by atoms with van der Waals surface area (Å²) in [4.78, 5) is 3.52. The lowest BCUT2D eigenvalue weighted by Gasteiger charge is -2.21. The third-order valence-electron chi connectivity index (χ3n) is 5.57. The first-order chi connectivity index (χ1) is 19.5. The van der Waals surface area contributed by atoms with Gasteiger partial charge in [-0.1, -0.05) is 17.7 Å². The minimum absolute atomic E-state index is 0.178. The van der Waals surface area contributed by atoms with Gasteiger partial charge in [-0.25, -0.2) is 8.42 Å². The van der Waals surface area contributed by atoms with Crippen molar-refractivity contribution in [3.05, 3.63) is 103 Å². The Balaban J connectivity index is 0.000000369. The molecule has 4 rings (SSSR count). The zero-order chi connectivity index (χ0) is 31.1. The molecule has 0 radical (unpaired) electrons. The fourth-order valence-electron chi connectivity index (χ4n) is 3.82. The molecule has 224 valence electrons. The molecule has 8 heteroatoms. The summed E-state index contributed by atoms with van der Waals surface area (Å²) in [6, 6.07) is 31.0. The highest BCUT2D eigenvalue weighted by molar-refractivity contribution is 7.97. The molecule has 0 aliphatic heterocycles. The van der Waals surface area contributed by atoms with Crippen molar-refractivity contribution < 1.29 is 27.2 Å². The normalized spacial score (nSPS) is 11.9. The Bertz CT molecular complexity index is 1460. The predicted molar refractivity (Wildman–Crippen MR) is 168 cm³/mol. The molecule has 6 nitrogen and oxygen atoms in total. The van der Waals surface area contributed by atoms with Crippen LogP contribution >= 0.6 is 0 Å². The molecule has 0 bridgehead atoms. The summed E-state index contributed by atoms with van der Waals surface area (Å²) in [5.41, 5.74) is 0.488. The predicted octanol–water partition coefficient (Wildman–Crippen LogP) is 8.04. The van der Waals surface area contributed by atoms with E-state index in [2.05, 4.69) is 102 Å². The molecular weight excluding hydrogens is 569 g/mol. The number of rotatable bonds is 7. The van der Waals surface area contributed by atoms with Gasteiger partial charge in [0.1, 0.15) is 38.6 Å². The summed E-state index contributed by atoms with van der Waals surface area (Å²) < 4.78 is 48.5. The van der Waals surface area contributed by atoms with Gasteiger partial charge in [-0.3, -0.25) is 0 Å². The maximum atomic E-state index is 10.4. The van der Waals surface area contributed by atoms with Crippen molar-refractivity contribution in [1.82, 2.24) is 0 Å². The Morgan fingerprint density at radius 3 is 1.19 bits per heavy atom. The van der Waals surface area contributed by atoms with Crippen LogP contribution in [-0.4, -0.2) is 31.3 Å². The minimum atomic E-state index is -4.27. The van der Waals surface area contributed by atoms with Crippen LogP contribution in [0.4, 0.5) is 0 Å². The first-order valence-corrected chi connectivity index (χ1v) is 16.2. The highest BCUT2D eigenvalue weighted by atomic mass is 32.2. The van der Waals surface area contributed by atoms with Crippen LogP contribution in [0.5, 0.6) is 17.2 Å². The Hall–Kier alpha value is -3.46. The standard InChI is InChI=1S/C27H33O3S.C7H8O3S/c1-26(2,3)29-21-10-16-24(17-11-21)31(23-14-8-20(28-7)9-15-23)25-18-12-22(13-19-25)30-27(4,5)6;1-6-2-4-7(5-3-6)11(8,9)10/h8-19H,1-7H3;2-5H,1H3,(H,8,9,10)/q+1;/p-1. The van der Waals surface area contributed by atoms with E-state index in [-0.39, 0.29) is 27.0 Å². The summed E-state index contributed by atoms with van der Waals surface area (Å²) in [5, 5.41) is 0. The molecule has 0 aliphatic rings. The fraction of sp³-hybridized carbons (Fsp3) is 0.294. The molecule has 0 fully saturated rings. The van der Waals surface area contributed by atoms with Gasteiger partial charge in [0.05, 0.1) is 22.9 Å². The second-order valence-corrected chi connectivity index (χ2v) is 15.0. The molecular formula is C34H40O6S2. The SMILES string of the molecule is COc1ccc([S+](c2ccc(OC(C)(C)C)cc2)c2ccc(OC(C)(C)C)cc2)cc1.Cc1ccc(S(=O)(=O)[O-])cc1. The number of ether oxygens (including phenoxy) is 3. The topological polar surface area (TPSA) is 84.9 Å². The van der Waals surface area contributed by atoms with E-state index in [4.69, 9.17) is 14.2 Å². The van der Waals surface area contributed by atoms with Crippen LogP contribution in [0.3, 0.4) is 0 Å². The number of methoxy groups -OCH3 is 1. The van der Waals surface area contributed by atoms with Gasteiger partial charge in [0.25, 0.3) is 0 Å². The third kappa shape index (κ3) is 10.4. The summed E-state index contributed by atoms with van der Waals surface area (Å²) in [5.74, 6) is 2.61. The first-order valence-electron chi connectivity index (χ1n) is 13.5. The molecule has 0 N–H and O–H groups in total. The zero-order valence-corrected chi connectivity index (χ0v) is 27.1. The molecule has 0 atom stereocenters. The van der Waals surface area contributed by atoms with Gasteiger partial charge in [-0.15, -0.1) is 0 Å². The minimum Gasteiger partial charge on any atom is -0.744 e. The van der Waals surface area contributed by atoms with E-state index in [9.17, 15) is 13.0 Å². The van der Waals surface area contributed by atoms with E-state index in [1.54, 1.807) is 19.2 Å². The number of benzene rings is 4. The van der Waals surface area contributed by atoms with Crippen LogP contribution in [0.15, 0.2) is 117 Å². The second-order valence-electron chi connectivity index (χ2n) is 11.6. The molecule has 0 saturated carbocycles. The Kier molecular flexibility index (Phi) is 10.8. The monoisotopic (exact) mass is 608 g/mol. The maximum Gasteiger partial charge on any atom is 0.166 e. The van der Waals surface area contributed by atoms with Gasteiger partial charge < -0.3 is 18.8 Å². The van der Waals surface area contributed by atoms with Gasteiger partial charge in [-0.2, -0.15) is 0 Å². The molecule has 42 heavy (non-hydrogen) atoms. The van der Waals surface area contributed by atoms with Crippen molar-refractivity contribution in [2.24, 2.45) is 0 Å². The molecule has 0 heterocycles. The summed E-state index contributed by atoms with van der Waals surface area (Å²) in [6.07, 6.45) is 0. The lowest BCUT2D eigenvalue weighted by Crippen LogP contribution is -2.23. The average molecular weight is 609 g/mol. The lowest BCUT2D eigenvalue weighted by molar-refractivity contribution is 0.130. The van der Waals surface area contributed by atoms with Crippen LogP contribution in [0.2, 0.25) is 0 Å². The van der Waals surface area contributed by atoms with E-state index in [0.29, 0.717) is 0 Å². The number of hydrogen-bond donors (Lipinski definition) is 0. The van der Waals surface area contributed by atoms with Crippen molar-refractivity contribution in [2.45, 2.75) is 79.3 Å². The van der Waals surface area contributed by atoms with Crippen molar-refractivity contribution in [3.63, 3.8) is 0 Å². The van der Waals surface area contributed by atoms with E-state index in [1.807, 2.05) is 19.1 Å². The summed E-state index contributed by atoms with van der Waals surface area (Å²) in [7, 11) is -2.83. The lowest BCUT2D eigenvalue weighted by atomic mass is 10.2. The molecule has 0 saturated heterocycles. The molecule has 0 spiro atoms. The van der Waals surface area contributed by atoms with Gasteiger partial charge in [0, 0.05) is 0 Å². The third-order valence-corrected chi connectivity index (χ3v) is 8.65. The quantitative estimate of drug-likeness (QED) is 0.156. The Morgan fingerprint density at radius 1 is 0.571 bits per heavy atom. The summed E-state index contributed by atoms with van der Waals surface area (Å²) in [6.45, 7) is 14.2. The van der Waals surface area contributed by atoms with Crippen molar-refractivity contribution in [3.8, 4) is 17.2 Å². The molecule has 0 unspecified atom stereocenters. The van der Waals surface area contributed by atoms with Gasteiger partial charge >= 0.3 is 0 Å². The van der Waals surface area contributed by atoms with E-state index in [1.165, 1.54) is 26.8 Å². The molecule has 0 amide bonds. The Labute approximate surface area is 253 Å². The van der Waals surface area contributed by atoms with E-state index < -0.39 is 10.1 Å². The van der Waals surface area contributed by atoms with Crippen molar-refractivity contribution in [1.29, 1.82) is 0 Å². The van der Waals surface area contributed by atoms with E-state index >= 15 is 0 Å². The van der Waals surface area contributed by atoms with E-state index in [0.717, 1.165) is 22.8 Å². The first kappa shape index (κ1) is 33.0. The van der Waals surface area contributed by atoms with Crippen LogP contribution in [0.25, 0.3) is 0 Å². The highest BCUT2D eigenvalue weighted by Crippen LogP contribution is 2.34. The van der Waals surface area contributed by atoms with Gasteiger partial charge in [-0.05, 0) is 133 Å². The maximum absolute atomic E-state index is 10.4. The second kappa shape index (κ2) is 13.7. The molecule has 4 aromatic carbocycles. The Morgan fingerprint density at radius 2 is 0.905 bits per heavy atom. The molecule has 0 aromatic heterocycles. The smallest absolute Gasteiger partial charge is 0.166 e. The van der Waals surface area contributed by atoms with Crippen LogP contribution in [-0.2, 0) is 21.0 Å². The van der Waals surface area contributed by atoms with Crippen LogP contribution < -0.4 is 14.2 Å². The molecule has 4 aromatic rings. The average Bonchev–Trinajstić information content (AvgIpc) is 2.90. The van der Waals surface area contributed by atoms with Crippen LogP contribution in [0.1, 0.15) is 47.1 Å². The van der Waals surface area contributed by atoms with Gasteiger partial charge in [0.2, 0.25) is 0 Å². The highest BCUT2D eigenvalue weighted by Gasteiger charge is 2.29. The number of aryl methyl sites for hydroxylation is 1. The van der Waals surface area contributed by atoms with Crippen LogP contribution in [0, 0.1) is 6.92 Å². The van der Waals surface area contributed by atoms with Gasteiger partial charge in [0.15, 0.2) is 14.7 Å². The molecule has 0 aliphatic carbocycles. The number of hydrogen-bond acceptors (Lipinski definition) is 6. The largest absolute Gasteiger partial charge is 0.744 e. The van der Waals surface area contributed by atoms with Crippen molar-refractivity contribution in [2.75, 3.05) is 7.11 Å².